The minimum atomic E-state index is -1.76. The molecule has 5 atom stereocenters. The van der Waals surface area contributed by atoms with E-state index in [1.54, 1.807) is 39.0 Å². The Kier molecular flexibility index (Phi) is 5.95. The molecule has 1 fully saturated rings. The average Bonchev–Trinajstić information content (AvgIpc) is 2.58. The highest BCUT2D eigenvalue weighted by Gasteiger charge is 2.67. The molecule has 0 spiro atoms. The maximum absolute atomic E-state index is 12.6. The van der Waals surface area contributed by atoms with Crippen LogP contribution in [0.4, 0.5) is 0 Å². The number of carbonyl (C=O) groups excluding carboxylic acids is 1. The number of aliphatic carboxylic acids is 2. The molecule has 0 saturated carbocycles. The van der Waals surface area contributed by atoms with Crippen molar-refractivity contribution < 1.29 is 24.6 Å². The van der Waals surface area contributed by atoms with Gasteiger partial charge in [-0.3, -0.25) is 9.59 Å². The first-order chi connectivity index (χ1) is 12.5. The standard InChI is InChI=1S/C19H23Cl2NO5/c1-9(2)19(17(26)27)10(3)22-13(8-23)18(4,16(24)25)15(19)11-6-5-7-12(20)14(11)21/h5-10,13,15,22H,1-4H3,(H,24,25)(H,26,27). The number of nitrogens with one attached hydrogen (secondary N) is 1. The third-order valence-corrected chi connectivity index (χ3v) is 6.92. The fraction of sp³-hybridized carbons (Fsp3) is 0.526. The molecule has 0 aliphatic carbocycles. The molecule has 1 aliphatic heterocycles. The first-order valence-electron chi connectivity index (χ1n) is 8.59. The average molecular weight is 416 g/mol. The lowest BCUT2D eigenvalue weighted by Gasteiger charge is -2.57. The number of piperidine rings is 1. The van der Waals surface area contributed by atoms with Gasteiger partial charge in [-0.15, -0.1) is 0 Å². The van der Waals surface area contributed by atoms with Crippen LogP contribution in [0.5, 0.6) is 0 Å². The summed E-state index contributed by atoms with van der Waals surface area (Å²) in [5.41, 5.74) is -2.99. The Balaban J connectivity index is 2.99. The van der Waals surface area contributed by atoms with E-state index in [9.17, 15) is 24.6 Å². The highest BCUT2D eigenvalue weighted by atomic mass is 35.5. The van der Waals surface area contributed by atoms with Crippen LogP contribution in [0.3, 0.4) is 0 Å². The highest BCUT2D eigenvalue weighted by molar-refractivity contribution is 6.42. The first-order valence-corrected chi connectivity index (χ1v) is 9.34. The maximum Gasteiger partial charge on any atom is 0.312 e. The molecule has 1 aliphatic rings. The van der Waals surface area contributed by atoms with Crippen molar-refractivity contribution in [3.05, 3.63) is 33.8 Å². The van der Waals surface area contributed by atoms with Crippen molar-refractivity contribution >= 4 is 41.4 Å². The second-order valence-corrected chi connectivity index (χ2v) is 8.34. The van der Waals surface area contributed by atoms with Crippen LogP contribution in [0.25, 0.3) is 0 Å². The number of carboxylic acid groups (broad SMARTS) is 2. The molecular weight excluding hydrogens is 393 g/mol. The molecule has 1 saturated heterocycles. The van der Waals surface area contributed by atoms with Crippen molar-refractivity contribution in [3.8, 4) is 0 Å². The number of halogens is 2. The van der Waals surface area contributed by atoms with Gasteiger partial charge in [-0.2, -0.15) is 0 Å². The third kappa shape index (κ3) is 2.94. The molecule has 0 amide bonds. The highest BCUT2D eigenvalue weighted by Crippen LogP contribution is 2.59. The molecule has 1 aromatic rings. The first kappa shape index (κ1) is 21.7. The monoisotopic (exact) mass is 415 g/mol. The van der Waals surface area contributed by atoms with Gasteiger partial charge in [0.05, 0.1) is 26.9 Å². The van der Waals surface area contributed by atoms with Crippen molar-refractivity contribution in [1.29, 1.82) is 0 Å². The zero-order valence-electron chi connectivity index (χ0n) is 15.5. The number of carboxylic acids is 2. The van der Waals surface area contributed by atoms with Gasteiger partial charge >= 0.3 is 11.9 Å². The van der Waals surface area contributed by atoms with E-state index in [0.717, 1.165) is 0 Å². The van der Waals surface area contributed by atoms with Gasteiger partial charge in [-0.25, -0.2) is 0 Å². The molecule has 0 bridgehead atoms. The summed E-state index contributed by atoms with van der Waals surface area (Å²) in [7, 11) is 0. The number of hydrogen-bond donors (Lipinski definition) is 3. The van der Waals surface area contributed by atoms with Gasteiger partial charge in [0.15, 0.2) is 0 Å². The van der Waals surface area contributed by atoms with Gasteiger partial charge in [-0.05, 0) is 31.4 Å². The van der Waals surface area contributed by atoms with Crippen molar-refractivity contribution in [1.82, 2.24) is 5.32 Å². The van der Waals surface area contributed by atoms with Crippen LogP contribution in [-0.4, -0.2) is 40.5 Å². The van der Waals surface area contributed by atoms with Gasteiger partial charge < -0.3 is 20.3 Å². The number of aldehydes is 1. The van der Waals surface area contributed by atoms with Gasteiger partial charge in [0.1, 0.15) is 6.29 Å². The fourth-order valence-electron chi connectivity index (χ4n) is 4.66. The lowest BCUT2D eigenvalue weighted by Crippen LogP contribution is -2.71. The number of carbonyl (C=O) groups is 3. The minimum Gasteiger partial charge on any atom is -0.481 e. The van der Waals surface area contributed by atoms with Gasteiger partial charge in [-0.1, -0.05) is 49.2 Å². The van der Waals surface area contributed by atoms with E-state index < -0.39 is 46.7 Å². The van der Waals surface area contributed by atoms with E-state index in [2.05, 4.69) is 5.32 Å². The Morgan fingerprint density at radius 2 is 1.81 bits per heavy atom. The summed E-state index contributed by atoms with van der Waals surface area (Å²) in [5.74, 6) is -4.01. The molecule has 3 N–H and O–H groups in total. The van der Waals surface area contributed by atoms with Crippen LogP contribution in [0.1, 0.15) is 39.2 Å². The molecule has 1 heterocycles. The Hall–Kier alpha value is -1.63. The minimum absolute atomic E-state index is 0.0988. The Bertz CT molecular complexity index is 783. The molecule has 1 aromatic carbocycles. The number of rotatable bonds is 5. The summed E-state index contributed by atoms with van der Waals surface area (Å²) >= 11 is 12.6. The SMILES string of the molecule is CC(C)C1(C(=O)O)C(C)NC(C=O)C(C)(C(=O)O)C1c1cccc(Cl)c1Cl. The normalized spacial score (nSPS) is 33.7. The summed E-state index contributed by atoms with van der Waals surface area (Å²) in [4.78, 5) is 36.8. The molecule has 8 heteroatoms. The molecule has 27 heavy (non-hydrogen) atoms. The largest absolute Gasteiger partial charge is 0.481 e. The van der Waals surface area contributed by atoms with Crippen LogP contribution in [0.2, 0.25) is 10.0 Å². The smallest absolute Gasteiger partial charge is 0.312 e. The molecule has 6 nitrogen and oxygen atoms in total. The number of hydrogen-bond acceptors (Lipinski definition) is 4. The van der Waals surface area contributed by atoms with E-state index >= 15 is 0 Å². The summed E-state index contributed by atoms with van der Waals surface area (Å²) < 4.78 is 0. The number of benzene rings is 1. The van der Waals surface area contributed by atoms with E-state index in [0.29, 0.717) is 11.8 Å². The zero-order chi connectivity index (χ0) is 20.7. The molecule has 0 aromatic heterocycles. The second kappa shape index (κ2) is 7.41. The molecular formula is C19H23Cl2NO5. The van der Waals surface area contributed by atoms with Crippen LogP contribution in [0, 0.1) is 16.7 Å². The molecule has 2 rings (SSSR count). The van der Waals surface area contributed by atoms with Crippen molar-refractivity contribution in [2.24, 2.45) is 16.7 Å². The predicted octanol–water partition coefficient (Wildman–Crippen LogP) is 3.45. The maximum atomic E-state index is 12.6. The van der Waals surface area contributed by atoms with Crippen LogP contribution >= 0.6 is 23.2 Å². The summed E-state index contributed by atoms with van der Waals surface area (Å²) in [6, 6.07) is 2.93. The third-order valence-electron chi connectivity index (χ3n) is 6.08. The fourth-order valence-corrected chi connectivity index (χ4v) is 5.07. The van der Waals surface area contributed by atoms with Crippen molar-refractivity contribution in [3.63, 3.8) is 0 Å². The Morgan fingerprint density at radius 3 is 2.26 bits per heavy atom. The lowest BCUT2D eigenvalue weighted by molar-refractivity contribution is -0.176. The Labute approximate surface area is 167 Å². The summed E-state index contributed by atoms with van der Waals surface area (Å²) in [5, 5.41) is 23.6. The second-order valence-electron chi connectivity index (χ2n) is 7.56. The summed E-state index contributed by atoms with van der Waals surface area (Å²) in [6.07, 6.45) is 0.516. The van der Waals surface area contributed by atoms with Crippen LogP contribution in [0.15, 0.2) is 18.2 Å². The molecule has 148 valence electrons. The van der Waals surface area contributed by atoms with E-state index in [1.165, 1.54) is 6.92 Å². The molecule has 0 radical (unpaired) electrons. The van der Waals surface area contributed by atoms with Gasteiger partial charge in [0, 0.05) is 12.0 Å². The van der Waals surface area contributed by atoms with Gasteiger partial charge in [0.25, 0.3) is 0 Å². The van der Waals surface area contributed by atoms with E-state index in [1.807, 2.05) is 0 Å². The zero-order valence-corrected chi connectivity index (χ0v) is 17.0. The topological polar surface area (TPSA) is 104 Å². The van der Waals surface area contributed by atoms with Crippen molar-refractivity contribution in [2.75, 3.05) is 0 Å². The lowest BCUT2D eigenvalue weighted by atomic mass is 9.49. The van der Waals surface area contributed by atoms with E-state index in [-0.39, 0.29) is 10.0 Å². The molecule has 5 unspecified atom stereocenters. The van der Waals surface area contributed by atoms with E-state index in [4.69, 9.17) is 23.2 Å². The Morgan fingerprint density at radius 1 is 1.22 bits per heavy atom. The van der Waals surface area contributed by atoms with Crippen LogP contribution in [-0.2, 0) is 14.4 Å². The van der Waals surface area contributed by atoms with Gasteiger partial charge in [0.2, 0.25) is 0 Å². The quantitative estimate of drug-likeness (QED) is 0.636. The summed E-state index contributed by atoms with van der Waals surface area (Å²) in [6.45, 7) is 6.48. The van der Waals surface area contributed by atoms with Crippen molar-refractivity contribution in [2.45, 2.75) is 45.7 Å². The predicted molar refractivity (Wildman–Crippen MR) is 102 cm³/mol. The van der Waals surface area contributed by atoms with Crippen LogP contribution < -0.4 is 5.32 Å².